The van der Waals surface area contributed by atoms with Gasteiger partial charge >= 0.3 is 0 Å². The van der Waals surface area contributed by atoms with Crippen LogP contribution in [0, 0.1) is 18.7 Å². The predicted octanol–water partition coefficient (Wildman–Crippen LogP) is 2.32. The molecule has 2 aromatic rings. The third-order valence-electron chi connectivity index (χ3n) is 4.05. The minimum atomic E-state index is -0.703. The summed E-state index contributed by atoms with van der Waals surface area (Å²) in [6, 6.07) is 3.87. The van der Waals surface area contributed by atoms with Crippen LogP contribution < -0.4 is 0 Å². The summed E-state index contributed by atoms with van der Waals surface area (Å²) >= 11 is 0. The monoisotopic (exact) mass is 319 g/mol. The molecule has 1 N–H and O–H groups in total. The lowest BCUT2D eigenvalue weighted by atomic mass is 9.94. The number of rotatable bonds is 3. The van der Waals surface area contributed by atoms with E-state index in [0.29, 0.717) is 31.2 Å². The van der Waals surface area contributed by atoms with Crippen LogP contribution in [0.2, 0.25) is 0 Å². The number of hydrogen-bond donors (Lipinski definition) is 1. The van der Waals surface area contributed by atoms with Gasteiger partial charge < -0.3 is 14.5 Å². The molecule has 0 radical (unpaired) electrons. The smallest absolute Gasteiger partial charge is 0.260 e. The molecule has 1 aromatic carbocycles. The zero-order valence-electron chi connectivity index (χ0n) is 12.8. The second kappa shape index (κ2) is 6.36. The van der Waals surface area contributed by atoms with Crippen LogP contribution in [-0.4, -0.2) is 39.1 Å². The van der Waals surface area contributed by atoms with Crippen molar-refractivity contribution in [2.24, 2.45) is 5.92 Å². The minimum absolute atomic E-state index is 0.193. The highest BCUT2D eigenvalue weighted by molar-refractivity contribution is 5.97. The van der Waals surface area contributed by atoms with Gasteiger partial charge in [0.25, 0.3) is 5.91 Å². The number of likely N-dealkylation sites (tertiary alicyclic amines) is 1. The van der Waals surface area contributed by atoms with E-state index in [9.17, 15) is 14.3 Å². The standard InChI is InChI=1S/C16H18FN3O3/c1-10-18-14(19-23-10)8-11-4-3-7-20(9-11)16(22)15-12(17)5-2-6-13(15)21/h2,5-6,11,21H,3-4,7-9H2,1H3. The van der Waals surface area contributed by atoms with Gasteiger partial charge in [-0.05, 0) is 30.9 Å². The third-order valence-corrected chi connectivity index (χ3v) is 4.05. The number of piperidine rings is 1. The quantitative estimate of drug-likeness (QED) is 0.939. The van der Waals surface area contributed by atoms with E-state index in [4.69, 9.17) is 4.52 Å². The lowest BCUT2D eigenvalue weighted by Gasteiger charge is -2.32. The van der Waals surface area contributed by atoms with Crippen LogP contribution >= 0.6 is 0 Å². The number of aryl methyl sites for hydroxylation is 1. The molecule has 1 aliphatic rings. The zero-order valence-corrected chi connectivity index (χ0v) is 12.8. The van der Waals surface area contributed by atoms with Gasteiger partial charge in [0, 0.05) is 26.4 Å². The summed E-state index contributed by atoms with van der Waals surface area (Å²) in [6.45, 7) is 2.77. The summed E-state index contributed by atoms with van der Waals surface area (Å²) in [5, 5.41) is 13.7. The van der Waals surface area contributed by atoms with Crippen molar-refractivity contribution in [3.05, 3.63) is 41.3 Å². The summed E-state index contributed by atoms with van der Waals surface area (Å²) in [6.07, 6.45) is 2.38. The van der Waals surface area contributed by atoms with Crippen molar-refractivity contribution < 1.29 is 18.8 Å². The summed E-state index contributed by atoms with van der Waals surface area (Å²) in [7, 11) is 0. The van der Waals surface area contributed by atoms with Gasteiger partial charge in [-0.2, -0.15) is 4.98 Å². The molecule has 1 fully saturated rings. The molecular weight excluding hydrogens is 301 g/mol. The van der Waals surface area contributed by atoms with Crippen LogP contribution in [-0.2, 0) is 6.42 Å². The summed E-state index contributed by atoms with van der Waals surface area (Å²) < 4.78 is 18.8. The van der Waals surface area contributed by atoms with E-state index in [0.717, 1.165) is 12.8 Å². The number of phenolic OH excluding ortho intramolecular Hbond substituents is 1. The maximum atomic E-state index is 13.9. The van der Waals surface area contributed by atoms with Crippen LogP contribution in [0.4, 0.5) is 4.39 Å². The topological polar surface area (TPSA) is 79.5 Å². The highest BCUT2D eigenvalue weighted by atomic mass is 19.1. The van der Waals surface area contributed by atoms with Gasteiger partial charge in [-0.15, -0.1) is 0 Å². The normalized spacial score (nSPS) is 18.2. The Morgan fingerprint density at radius 1 is 1.52 bits per heavy atom. The van der Waals surface area contributed by atoms with Gasteiger partial charge in [0.15, 0.2) is 5.82 Å². The first-order valence-electron chi connectivity index (χ1n) is 7.60. The molecule has 2 heterocycles. The highest BCUT2D eigenvalue weighted by Gasteiger charge is 2.28. The Labute approximate surface area is 132 Å². The van der Waals surface area contributed by atoms with E-state index in [1.807, 2.05) is 0 Å². The number of aromatic nitrogens is 2. The van der Waals surface area contributed by atoms with E-state index in [-0.39, 0.29) is 17.2 Å². The summed E-state index contributed by atoms with van der Waals surface area (Å²) in [5.74, 6) is -0.180. The first-order valence-corrected chi connectivity index (χ1v) is 7.60. The average Bonchev–Trinajstić information content (AvgIpc) is 2.92. The molecule has 6 nitrogen and oxygen atoms in total. The molecule has 1 aliphatic heterocycles. The molecule has 1 unspecified atom stereocenters. The first kappa shape index (κ1) is 15.5. The molecular formula is C16H18FN3O3. The molecule has 1 saturated heterocycles. The molecule has 1 aromatic heterocycles. The molecule has 0 spiro atoms. The van der Waals surface area contributed by atoms with Crippen molar-refractivity contribution in [3.8, 4) is 5.75 Å². The Kier molecular flexibility index (Phi) is 4.27. The van der Waals surface area contributed by atoms with E-state index in [1.54, 1.807) is 11.8 Å². The van der Waals surface area contributed by atoms with Crippen LogP contribution in [0.25, 0.3) is 0 Å². The number of phenols is 1. The van der Waals surface area contributed by atoms with Gasteiger partial charge in [-0.1, -0.05) is 11.2 Å². The van der Waals surface area contributed by atoms with Crippen molar-refractivity contribution in [2.75, 3.05) is 13.1 Å². The maximum absolute atomic E-state index is 13.9. The number of carbonyl (C=O) groups excluding carboxylic acids is 1. The predicted molar refractivity (Wildman–Crippen MR) is 79.4 cm³/mol. The van der Waals surface area contributed by atoms with Crippen LogP contribution in [0.3, 0.4) is 0 Å². The van der Waals surface area contributed by atoms with Gasteiger partial charge in [0.05, 0.1) is 0 Å². The fourth-order valence-electron chi connectivity index (χ4n) is 2.98. The Hall–Kier alpha value is -2.44. The third kappa shape index (κ3) is 3.33. The number of amides is 1. The molecule has 3 rings (SSSR count). The maximum Gasteiger partial charge on any atom is 0.260 e. The number of halogens is 1. The number of carbonyl (C=O) groups is 1. The Bertz CT molecular complexity index is 696. The van der Waals surface area contributed by atoms with Crippen LogP contribution in [0.1, 0.15) is 34.9 Å². The van der Waals surface area contributed by atoms with Gasteiger partial charge in [-0.25, -0.2) is 4.39 Å². The first-order chi connectivity index (χ1) is 11.0. The number of benzene rings is 1. The number of aromatic hydroxyl groups is 1. The Morgan fingerprint density at radius 3 is 3.04 bits per heavy atom. The zero-order chi connectivity index (χ0) is 16.4. The van der Waals surface area contributed by atoms with Crippen molar-refractivity contribution in [1.82, 2.24) is 15.0 Å². The van der Waals surface area contributed by atoms with E-state index >= 15 is 0 Å². The molecule has 23 heavy (non-hydrogen) atoms. The second-order valence-corrected chi connectivity index (χ2v) is 5.83. The van der Waals surface area contributed by atoms with Crippen molar-refractivity contribution in [3.63, 3.8) is 0 Å². The van der Waals surface area contributed by atoms with E-state index < -0.39 is 11.7 Å². The van der Waals surface area contributed by atoms with Crippen molar-refractivity contribution in [2.45, 2.75) is 26.2 Å². The molecule has 0 saturated carbocycles. The Morgan fingerprint density at radius 2 is 2.35 bits per heavy atom. The highest BCUT2D eigenvalue weighted by Crippen LogP contribution is 2.26. The minimum Gasteiger partial charge on any atom is -0.507 e. The molecule has 1 amide bonds. The summed E-state index contributed by atoms with van der Waals surface area (Å²) in [5.41, 5.74) is -0.261. The second-order valence-electron chi connectivity index (χ2n) is 5.83. The molecule has 1 atom stereocenters. The number of hydrogen-bond acceptors (Lipinski definition) is 5. The number of nitrogens with zero attached hydrogens (tertiary/aromatic N) is 3. The molecule has 7 heteroatoms. The molecule has 0 bridgehead atoms. The molecule has 0 aliphatic carbocycles. The SMILES string of the molecule is Cc1nc(CC2CCCN(C(=O)c3c(O)cccc3F)C2)no1. The molecule has 122 valence electrons. The lowest BCUT2D eigenvalue weighted by molar-refractivity contribution is 0.0664. The van der Waals surface area contributed by atoms with E-state index in [2.05, 4.69) is 10.1 Å². The lowest BCUT2D eigenvalue weighted by Crippen LogP contribution is -2.41. The average molecular weight is 319 g/mol. The van der Waals surface area contributed by atoms with Crippen LogP contribution in [0.15, 0.2) is 22.7 Å². The fourth-order valence-corrected chi connectivity index (χ4v) is 2.98. The van der Waals surface area contributed by atoms with Crippen LogP contribution in [0.5, 0.6) is 5.75 Å². The van der Waals surface area contributed by atoms with Gasteiger partial charge in [-0.3, -0.25) is 4.79 Å². The van der Waals surface area contributed by atoms with Crippen molar-refractivity contribution >= 4 is 5.91 Å². The van der Waals surface area contributed by atoms with Gasteiger partial charge in [0.1, 0.15) is 17.1 Å². The van der Waals surface area contributed by atoms with Gasteiger partial charge in [0.2, 0.25) is 5.89 Å². The fraction of sp³-hybridized carbons (Fsp3) is 0.438. The van der Waals surface area contributed by atoms with Crippen molar-refractivity contribution in [1.29, 1.82) is 0 Å². The Balaban J connectivity index is 1.72. The van der Waals surface area contributed by atoms with E-state index in [1.165, 1.54) is 18.2 Å². The summed E-state index contributed by atoms with van der Waals surface area (Å²) in [4.78, 5) is 18.3. The largest absolute Gasteiger partial charge is 0.507 e.